The molecule has 52 heavy (non-hydrogen) atoms. The summed E-state index contributed by atoms with van der Waals surface area (Å²) < 4.78 is 6.26. The molecule has 0 aliphatic heterocycles. The summed E-state index contributed by atoms with van der Waals surface area (Å²) in [5.74, 6) is 0. The number of furan rings is 1. The average molecular weight is 666 g/mol. The molecule has 0 spiro atoms. The van der Waals surface area contributed by atoms with Crippen molar-refractivity contribution in [2.75, 3.05) is 4.90 Å². The molecule has 0 radical (unpaired) electrons. The number of nitrogens with zero attached hydrogens (tertiary/aromatic N) is 1. The second-order valence-corrected chi connectivity index (χ2v) is 13.9. The van der Waals surface area contributed by atoms with Crippen molar-refractivity contribution in [3.63, 3.8) is 0 Å². The van der Waals surface area contributed by atoms with E-state index in [2.05, 4.69) is 200 Å². The van der Waals surface area contributed by atoms with Gasteiger partial charge in [-0.25, -0.2) is 0 Å². The number of hydrogen-bond acceptors (Lipinski definition) is 2. The molecule has 10 rings (SSSR count). The van der Waals surface area contributed by atoms with Crippen LogP contribution in [0.15, 0.2) is 199 Å². The zero-order valence-corrected chi connectivity index (χ0v) is 28.8. The van der Waals surface area contributed by atoms with Crippen LogP contribution in [0.5, 0.6) is 0 Å². The normalized spacial score (nSPS) is 14.7. The third-order valence-corrected chi connectivity index (χ3v) is 11.0. The van der Waals surface area contributed by atoms with E-state index in [4.69, 9.17) is 4.42 Å². The fourth-order valence-electron chi connectivity index (χ4n) is 8.28. The largest absolute Gasteiger partial charge is 0.456 e. The van der Waals surface area contributed by atoms with Crippen LogP contribution < -0.4 is 4.90 Å². The van der Waals surface area contributed by atoms with Gasteiger partial charge in [-0.2, -0.15) is 0 Å². The fourth-order valence-corrected chi connectivity index (χ4v) is 8.28. The van der Waals surface area contributed by atoms with Crippen molar-refractivity contribution in [3.05, 3.63) is 211 Å². The molecule has 1 aliphatic carbocycles. The first kappa shape index (κ1) is 30.2. The second-order valence-electron chi connectivity index (χ2n) is 13.9. The fraction of sp³-hybridized carbons (Fsp3) is 0.0400. The van der Waals surface area contributed by atoms with Gasteiger partial charge in [-0.3, -0.25) is 0 Å². The molecule has 8 aromatic carbocycles. The minimum absolute atomic E-state index is 0.380. The van der Waals surface area contributed by atoms with Crippen molar-refractivity contribution in [2.24, 2.45) is 0 Å². The molecule has 0 bridgehead atoms. The van der Waals surface area contributed by atoms with E-state index in [0.717, 1.165) is 39.0 Å². The second kappa shape index (κ2) is 12.0. The molecule has 2 heteroatoms. The number of para-hydroxylation sites is 1. The summed E-state index contributed by atoms with van der Waals surface area (Å²) in [4.78, 5) is 2.39. The Bertz CT molecular complexity index is 2640. The SMILES string of the molecule is CC1(c2ccc3oc4ccccc4c3c2)c2ccccc2-c2ccc(N(c3ccc(-c4ccccc4)cc3)c3ccc(-c4ccccc4)cc3)cc21. The van der Waals surface area contributed by atoms with Crippen molar-refractivity contribution in [3.8, 4) is 33.4 Å². The van der Waals surface area contributed by atoms with Crippen LogP contribution in [-0.2, 0) is 5.41 Å². The molecule has 0 N–H and O–H groups in total. The first-order valence-electron chi connectivity index (χ1n) is 17.9. The molecule has 1 heterocycles. The minimum Gasteiger partial charge on any atom is -0.456 e. The van der Waals surface area contributed by atoms with Crippen LogP contribution in [-0.4, -0.2) is 0 Å². The van der Waals surface area contributed by atoms with Gasteiger partial charge < -0.3 is 9.32 Å². The average Bonchev–Trinajstić information content (AvgIpc) is 3.72. The molecule has 246 valence electrons. The summed E-state index contributed by atoms with van der Waals surface area (Å²) in [7, 11) is 0. The molecule has 1 unspecified atom stereocenters. The highest BCUT2D eigenvalue weighted by molar-refractivity contribution is 6.05. The Hall–Kier alpha value is -6.64. The molecule has 0 fully saturated rings. The Labute approximate surface area is 303 Å². The lowest BCUT2D eigenvalue weighted by molar-refractivity contribution is 0.667. The first-order chi connectivity index (χ1) is 25.6. The Morgan fingerprint density at radius 3 is 1.58 bits per heavy atom. The zero-order chi connectivity index (χ0) is 34.6. The van der Waals surface area contributed by atoms with E-state index in [9.17, 15) is 0 Å². The minimum atomic E-state index is -0.380. The van der Waals surface area contributed by atoms with Crippen molar-refractivity contribution in [2.45, 2.75) is 12.3 Å². The molecule has 9 aromatic rings. The molecular formula is C50H35NO. The third-order valence-electron chi connectivity index (χ3n) is 11.0. The van der Waals surface area contributed by atoms with Crippen molar-refractivity contribution in [1.29, 1.82) is 0 Å². The first-order valence-corrected chi connectivity index (χ1v) is 17.9. The van der Waals surface area contributed by atoms with Gasteiger partial charge in [-0.05, 0) is 112 Å². The Balaban J connectivity index is 1.14. The highest BCUT2D eigenvalue weighted by Gasteiger charge is 2.41. The van der Waals surface area contributed by atoms with Crippen LogP contribution in [0.1, 0.15) is 23.6 Å². The van der Waals surface area contributed by atoms with Crippen molar-refractivity contribution >= 4 is 39.0 Å². The van der Waals surface area contributed by atoms with Crippen LogP contribution in [0, 0.1) is 0 Å². The highest BCUT2D eigenvalue weighted by Crippen LogP contribution is 2.54. The summed E-state index contributed by atoms with van der Waals surface area (Å²) in [6.07, 6.45) is 0. The van der Waals surface area contributed by atoms with Gasteiger partial charge in [-0.1, -0.05) is 140 Å². The topological polar surface area (TPSA) is 16.4 Å². The van der Waals surface area contributed by atoms with Crippen LogP contribution in [0.25, 0.3) is 55.3 Å². The summed E-state index contributed by atoms with van der Waals surface area (Å²) in [5.41, 5.74) is 16.0. The number of fused-ring (bicyclic) bond motifs is 6. The van der Waals surface area contributed by atoms with Gasteiger partial charge in [-0.15, -0.1) is 0 Å². The predicted octanol–water partition coefficient (Wildman–Crippen LogP) is 13.7. The molecule has 2 nitrogen and oxygen atoms in total. The quantitative estimate of drug-likeness (QED) is 0.176. The lowest BCUT2D eigenvalue weighted by Crippen LogP contribution is -2.23. The predicted molar refractivity (Wildman–Crippen MR) is 217 cm³/mol. The van der Waals surface area contributed by atoms with E-state index < -0.39 is 0 Å². The maximum atomic E-state index is 6.26. The Morgan fingerprint density at radius 1 is 0.385 bits per heavy atom. The summed E-state index contributed by atoms with van der Waals surface area (Å²) in [5, 5.41) is 2.29. The third kappa shape index (κ3) is 4.80. The number of hydrogen-bond donors (Lipinski definition) is 0. The lowest BCUT2D eigenvalue weighted by Gasteiger charge is -2.31. The summed E-state index contributed by atoms with van der Waals surface area (Å²) >= 11 is 0. The van der Waals surface area contributed by atoms with Gasteiger partial charge in [0.2, 0.25) is 0 Å². The molecule has 1 atom stereocenters. The van der Waals surface area contributed by atoms with Gasteiger partial charge in [0, 0.05) is 33.2 Å². The molecule has 1 aliphatic rings. The van der Waals surface area contributed by atoms with Gasteiger partial charge in [0.05, 0.1) is 0 Å². The molecule has 0 saturated heterocycles. The monoisotopic (exact) mass is 665 g/mol. The zero-order valence-electron chi connectivity index (χ0n) is 28.8. The summed E-state index contributed by atoms with van der Waals surface area (Å²) in [6.45, 7) is 2.39. The van der Waals surface area contributed by atoms with E-state index >= 15 is 0 Å². The summed E-state index contributed by atoms with van der Waals surface area (Å²) in [6, 6.07) is 70.1. The number of anilines is 3. The highest BCUT2D eigenvalue weighted by atomic mass is 16.3. The van der Waals surface area contributed by atoms with Gasteiger partial charge >= 0.3 is 0 Å². The van der Waals surface area contributed by atoms with Crippen LogP contribution in [0.4, 0.5) is 17.1 Å². The Morgan fingerprint density at radius 2 is 0.904 bits per heavy atom. The maximum absolute atomic E-state index is 6.26. The number of benzene rings is 8. The van der Waals surface area contributed by atoms with Crippen molar-refractivity contribution < 1.29 is 4.42 Å². The van der Waals surface area contributed by atoms with Gasteiger partial charge in [0.15, 0.2) is 0 Å². The van der Waals surface area contributed by atoms with Crippen LogP contribution >= 0.6 is 0 Å². The molecule has 0 amide bonds. The van der Waals surface area contributed by atoms with E-state index in [1.165, 1.54) is 50.1 Å². The molecule has 1 aromatic heterocycles. The van der Waals surface area contributed by atoms with E-state index in [1.54, 1.807) is 0 Å². The molecule has 0 saturated carbocycles. The smallest absolute Gasteiger partial charge is 0.135 e. The van der Waals surface area contributed by atoms with Gasteiger partial charge in [0.1, 0.15) is 11.2 Å². The Kier molecular flexibility index (Phi) is 6.97. The van der Waals surface area contributed by atoms with Crippen LogP contribution in [0.3, 0.4) is 0 Å². The lowest BCUT2D eigenvalue weighted by atomic mass is 9.74. The molecular weight excluding hydrogens is 631 g/mol. The van der Waals surface area contributed by atoms with Crippen molar-refractivity contribution in [1.82, 2.24) is 0 Å². The van der Waals surface area contributed by atoms with E-state index in [0.29, 0.717) is 0 Å². The van der Waals surface area contributed by atoms with Gasteiger partial charge in [0.25, 0.3) is 0 Å². The van der Waals surface area contributed by atoms with Crippen LogP contribution in [0.2, 0.25) is 0 Å². The maximum Gasteiger partial charge on any atom is 0.135 e. The van der Waals surface area contributed by atoms with E-state index in [1.807, 2.05) is 6.07 Å². The standard InChI is InChI=1S/C50H35NO/c1-50(38-24-31-49-45(32-38)44-17-9-11-19-48(44)52-49)46-18-10-8-16-42(46)43-30-29-41(33-47(43)50)51(39-25-20-36(21-26-39)34-12-4-2-5-13-34)40-27-22-37(23-28-40)35-14-6-3-7-15-35/h2-33H,1H3. The van der Waals surface area contributed by atoms with E-state index in [-0.39, 0.29) is 5.41 Å². The number of rotatable bonds is 6.